The fraction of sp³-hybridized carbons (Fsp3) is 0. The van der Waals surface area contributed by atoms with Gasteiger partial charge in [-0.15, -0.1) is 0 Å². The van der Waals surface area contributed by atoms with Gasteiger partial charge in [0, 0.05) is 6.20 Å². The lowest BCUT2D eigenvalue weighted by Gasteiger charge is -2.08. The summed E-state index contributed by atoms with van der Waals surface area (Å²) in [5.41, 5.74) is 6.73. The number of nitrogens with zero attached hydrogens (tertiary/aromatic N) is 4. The molecule has 0 bridgehead atoms. The van der Waals surface area contributed by atoms with Gasteiger partial charge in [0.25, 0.3) is 0 Å². The third-order valence-electron chi connectivity index (χ3n) is 2.06. The maximum absolute atomic E-state index is 8.73. The Hall–Kier alpha value is -0.910. The second-order valence-electron chi connectivity index (χ2n) is 3.05. The van der Waals surface area contributed by atoms with Crippen molar-refractivity contribution in [2.24, 2.45) is 10.9 Å². The normalized spacial score (nSPS) is 11.8. The van der Waals surface area contributed by atoms with Crippen LogP contribution in [0, 0.1) is 7.40 Å². The quantitative estimate of drug-likeness (QED) is 0.237. The van der Waals surface area contributed by atoms with E-state index in [1.54, 1.807) is 18.6 Å². The molecule has 0 spiro atoms. The lowest BCUT2D eigenvalue weighted by atomic mass is 10.3. The summed E-state index contributed by atoms with van der Waals surface area (Å²) in [6.45, 7) is 0. The zero-order valence-electron chi connectivity index (χ0n) is 8.38. The summed E-state index contributed by atoms with van der Waals surface area (Å²) in [4.78, 5) is 8.30. The highest BCUT2D eigenvalue weighted by Gasteiger charge is 2.13. The van der Waals surface area contributed by atoms with Crippen molar-refractivity contribution in [1.29, 1.82) is 0 Å². The molecule has 0 aliphatic carbocycles. The Morgan fingerprint density at radius 1 is 1.41 bits per heavy atom. The number of rotatable bonds is 2. The van der Waals surface area contributed by atoms with E-state index >= 15 is 0 Å². The van der Waals surface area contributed by atoms with Crippen LogP contribution in [-0.4, -0.2) is 25.6 Å². The third kappa shape index (κ3) is 2.36. The van der Waals surface area contributed by atoms with Crippen LogP contribution >= 0.6 is 45.2 Å². The van der Waals surface area contributed by atoms with Crippen molar-refractivity contribution in [3.05, 3.63) is 37.8 Å². The van der Waals surface area contributed by atoms with E-state index < -0.39 is 0 Å². The molecule has 0 saturated heterocycles. The zero-order chi connectivity index (χ0) is 12.4. The number of halogens is 2. The van der Waals surface area contributed by atoms with Gasteiger partial charge in [-0.1, -0.05) is 5.16 Å². The van der Waals surface area contributed by atoms with Gasteiger partial charge in [-0.05, 0) is 57.3 Å². The largest absolute Gasteiger partial charge is 0.409 e. The fourth-order valence-corrected chi connectivity index (χ4v) is 2.22. The molecule has 0 radical (unpaired) electrons. The van der Waals surface area contributed by atoms with Gasteiger partial charge in [-0.25, -0.2) is 4.98 Å². The smallest absolute Gasteiger partial charge is 0.190 e. The number of pyridine rings is 1. The van der Waals surface area contributed by atoms with E-state index in [1.165, 1.54) is 0 Å². The summed E-state index contributed by atoms with van der Waals surface area (Å²) in [5, 5.41) is 11.7. The minimum absolute atomic E-state index is 0.0277. The first-order chi connectivity index (χ1) is 8.15. The summed E-state index contributed by atoms with van der Waals surface area (Å²) in [6, 6.07) is 3.62. The number of hydrogen-bond acceptors (Lipinski definition) is 4. The number of amidine groups is 1. The van der Waals surface area contributed by atoms with E-state index in [1.807, 2.05) is 10.6 Å². The lowest BCUT2D eigenvalue weighted by Crippen LogP contribution is -2.18. The Balaban J connectivity index is 2.64. The summed E-state index contributed by atoms with van der Waals surface area (Å²) < 4.78 is 3.67. The maximum Gasteiger partial charge on any atom is 0.190 e. The zero-order valence-corrected chi connectivity index (χ0v) is 12.7. The number of aromatic nitrogens is 3. The van der Waals surface area contributed by atoms with Crippen LogP contribution in [0.5, 0.6) is 0 Å². The average Bonchev–Trinajstić information content (AvgIpc) is 2.69. The predicted octanol–water partition coefficient (Wildman–Crippen LogP) is 1.57. The highest BCUT2D eigenvalue weighted by atomic mass is 127. The van der Waals surface area contributed by atoms with Gasteiger partial charge >= 0.3 is 0 Å². The molecule has 0 atom stereocenters. The molecule has 2 aromatic rings. The second-order valence-corrected chi connectivity index (χ2v) is 5.10. The first kappa shape index (κ1) is 12.5. The molecule has 0 saturated carbocycles. The first-order valence-electron chi connectivity index (χ1n) is 4.46. The molecule has 0 amide bonds. The van der Waals surface area contributed by atoms with Gasteiger partial charge in [0.05, 0.1) is 5.69 Å². The van der Waals surface area contributed by atoms with E-state index in [2.05, 4.69) is 60.3 Å². The van der Waals surface area contributed by atoms with Gasteiger partial charge < -0.3 is 10.9 Å². The summed E-state index contributed by atoms with van der Waals surface area (Å²) in [5.74, 6) is -0.0277. The van der Waals surface area contributed by atoms with Crippen molar-refractivity contribution in [3.63, 3.8) is 0 Å². The number of oxime groups is 1. The number of nitrogens with two attached hydrogens (primary N) is 1. The fourth-order valence-electron chi connectivity index (χ4n) is 1.32. The van der Waals surface area contributed by atoms with Crippen LogP contribution in [0.2, 0.25) is 0 Å². The van der Waals surface area contributed by atoms with Crippen molar-refractivity contribution in [2.45, 2.75) is 0 Å². The SMILES string of the molecule is N/C(=N/O)c1ncccc1-n1cnc(I)c1I. The Bertz CT molecular complexity index is 581. The minimum atomic E-state index is -0.0277. The summed E-state index contributed by atoms with van der Waals surface area (Å²) in [6.07, 6.45) is 3.26. The third-order valence-corrected chi connectivity index (χ3v) is 4.92. The maximum atomic E-state index is 8.73. The van der Waals surface area contributed by atoms with Crippen LogP contribution in [0.4, 0.5) is 0 Å². The molecule has 0 unspecified atom stereocenters. The van der Waals surface area contributed by atoms with E-state index in [0.29, 0.717) is 5.69 Å². The molecule has 6 nitrogen and oxygen atoms in total. The monoisotopic (exact) mass is 455 g/mol. The molecule has 0 fully saturated rings. The van der Waals surface area contributed by atoms with Crippen molar-refractivity contribution >= 4 is 51.0 Å². The lowest BCUT2D eigenvalue weighted by molar-refractivity contribution is 0.318. The Morgan fingerprint density at radius 2 is 2.18 bits per heavy atom. The van der Waals surface area contributed by atoms with Crippen molar-refractivity contribution in [2.75, 3.05) is 0 Å². The van der Waals surface area contributed by atoms with Crippen LogP contribution in [0.1, 0.15) is 5.69 Å². The highest BCUT2D eigenvalue weighted by molar-refractivity contribution is 14.1. The topological polar surface area (TPSA) is 89.3 Å². The van der Waals surface area contributed by atoms with Gasteiger partial charge in [-0.2, -0.15) is 0 Å². The summed E-state index contributed by atoms with van der Waals surface area (Å²) >= 11 is 4.32. The molecule has 0 aliphatic heterocycles. The molecule has 0 aliphatic rings. The molecular formula is C9H7I2N5O. The minimum Gasteiger partial charge on any atom is -0.409 e. The first-order valence-corrected chi connectivity index (χ1v) is 6.62. The van der Waals surface area contributed by atoms with E-state index in [0.717, 1.165) is 13.1 Å². The van der Waals surface area contributed by atoms with E-state index in [9.17, 15) is 0 Å². The van der Waals surface area contributed by atoms with Gasteiger partial charge in [0.1, 0.15) is 19.4 Å². The van der Waals surface area contributed by atoms with Crippen molar-refractivity contribution in [3.8, 4) is 5.69 Å². The second kappa shape index (κ2) is 5.16. The van der Waals surface area contributed by atoms with Crippen LogP contribution in [0.3, 0.4) is 0 Å². The van der Waals surface area contributed by atoms with Crippen LogP contribution in [0.15, 0.2) is 29.8 Å². The molecular weight excluding hydrogens is 448 g/mol. The number of hydrogen-bond donors (Lipinski definition) is 2. The molecule has 2 aromatic heterocycles. The molecule has 88 valence electrons. The van der Waals surface area contributed by atoms with E-state index in [4.69, 9.17) is 10.9 Å². The molecule has 17 heavy (non-hydrogen) atoms. The van der Waals surface area contributed by atoms with Crippen LogP contribution in [0.25, 0.3) is 5.69 Å². The Morgan fingerprint density at radius 3 is 2.76 bits per heavy atom. The van der Waals surface area contributed by atoms with Crippen molar-refractivity contribution < 1.29 is 5.21 Å². The predicted molar refractivity (Wildman–Crippen MR) is 79.3 cm³/mol. The molecule has 3 N–H and O–H groups in total. The van der Waals surface area contributed by atoms with Crippen molar-refractivity contribution in [1.82, 2.24) is 14.5 Å². The molecule has 2 rings (SSSR count). The van der Waals surface area contributed by atoms with Gasteiger partial charge in [0.2, 0.25) is 0 Å². The molecule has 0 aromatic carbocycles. The highest BCUT2D eigenvalue weighted by Crippen LogP contribution is 2.20. The van der Waals surface area contributed by atoms with Crippen LogP contribution < -0.4 is 5.73 Å². The average molecular weight is 455 g/mol. The number of imidazole rings is 1. The van der Waals surface area contributed by atoms with Gasteiger partial charge in [-0.3, -0.25) is 9.55 Å². The standard InChI is InChI=1S/C9H7I2N5O/c10-7-8(11)16(4-14-7)5-2-1-3-13-6(5)9(12)15-17/h1-4,17H,(H2,12,15). The van der Waals surface area contributed by atoms with Crippen LogP contribution in [-0.2, 0) is 0 Å². The molecule has 2 heterocycles. The van der Waals surface area contributed by atoms with E-state index in [-0.39, 0.29) is 5.84 Å². The Kier molecular flexibility index (Phi) is 3.81. The van der Waals surface area contributed by atoms with Gasteiger partial charge in [0.15, 0.2) is 5.84 Å². The molecule has 8 heteroatoms. The summed E-state index contributed by atoms with van der Waals surface area (Å²) in [7, 11) is 0. The Labute approximate surface area is 124 Å².